The van der Waals surface area contributed by atoms with E-state index in [2.05, 4.69) is 40.2 Å². The smallest absolute Gasteiger partial charge is 0.121 e. The number of rotatable bonds is 6. The zero-order valence-corrected chi connectivity index (χ0v) is 16.9. The van der Waals surface area contributed by atoms with Crippen LogP contribution in [0.1, 0.15) is 42.4 Å². The first kappa shape index (κ1) is 19.4. The Kier molecular flexibility index (Phi) is 5.67. The predicted octanol–water partition coefficient (Wildman–Crippen LogP) is 3.85. The van der Waals surface area contributed by atoms with E-state index in [-0.39, 0.29) is 12.4 Å². The highest BCUT2D eigenvalue weighted by molar-refractivity contribution is 5.85. The van der Waals surface area contributed by atoms with Gasteiger partial charge in [0.05, 0.1) is 29.3 Å². The number of aromatic amines is 1. The van der Waals surface area contributed by atoms with Gasteiger partial charge in [-0.2, -0.15) is 0 Å². The second kappa shape index (κ2) is 8.19. The summed E-state index contributed by atoms with van der Waals surface area (Å²) in [5, 5.41) is 0. The van der Waals surface area contributed by atoms with E-state index < -0.39 is 0 Å². The van der Waals surface area contributed by atoms with E-state index in [1.807, 2.05) is 12.3 Å². The number of nitrogens with zero attached hydrogens (tertiary/aromatic N) is 3. The average molecular weight is 398 g/mol. The summed E-state index contributed by atoms with van der Waals surface area (Å²) >= 11 is 0. The number of para-hydroxylation sites is 2. The van der Waals surface area contributed by atoms with Crippen molar-refractivity contribution in [2.45, 2.75) is 38.3 Å². The van der Waals surface area contributed by atoms with Crippen molar-refractivity contribution in [1.82, 2.24) is 19.9 Å². The molecule has 2 aliphatic rings. The van der Waals surface area contributed by atoms with Crippen LogP contribution in [0.3, 0.4) is 0 Å². The molecule has 3 aromatic rings. The molecule has 6 heteroatoms. The molecule has 1 saturated carbocycles. The van der Waals surface area contributed by atoms with Crippen molar-refractivity contribution in [3.8, 4) is 0 Å². The summed E-state index contributed by atoms with van der Waals surface area (Å²) in [6.07, 6.45) is 6.74. The Morgan fingerprint density at radius 3 is 2.86 bits per heavy atom. The first-order chi connectivity index (χ1) is 13.3. The third kappa shape index (κ3) is 3.79. The maximum absolute atomic E-state index is 5.91. The molecule has 28 heavy (non-hydrogen) atoms. The molecular formula is C22H28ClN5. The molecular weight excluding hydrogens is 370 g/mol. The largest absolute Gasteiger partial charge is 0.341 e. The van der Waals surface area contributed by atoms with E-state index in [4.69, 9.17) is 15.7 Å². The molecule has 5 nitrogen and oxygen atoms in total. The molecule has 0 unspecified atom stereocenters. The number of nitrogens with two attached hydrogens (primary N) is 1. The number of H-pyrrole nitrogens is 1. The number of fused-ring (bicyclic) bond motifs is 2. The van der Waals surface area contributed by atoms with Crippen LogP contribution in [0.15, 0.2) is 42.6 Å². The van der Waals surface area contributed by atoms with Crippen LogP contribution >= 0.6 is 12.4 Å². The highest BCUT2D eigenvalue weighted by Crippen LogP contribution is 2.41. The van der Waals surface area contributed by atoms with Gasteiger partial charge < -0.3 is 10.7 Å². The number of aromatic nitrogens is 3. The number of pyridine rings is 1. The molecule has 0 amide bonds. The summed E-state index contributed by atoms with van der Waals surface area (Å²) in [4.78, 5) is 15.7. The molecule has 1 fully saturated rings. The van der Waals surface area contributed by atoms with Gasteiger partial charge in [-0.1, -0.05) is 18.2 Å². The zero-order chi connectivity index (χ0) is 18.2. The predicted molar refractivity (Wildman–Crippen MR) is 114 cm³/mol. The van der Waals surface area contributed by atoms with Crippen LogP contribution < -0.4 is 5.73 Å². The molecule has 0 bridgehead atoms. The van der Waals surface area contributed by atoms with Crippen molar-refractivity contribution >= 4 is 23.4 Å². The van der Waals surface area contributed by atoms with Gasteiger partial charge in [0.1, 0.15) is 5.82 Å². The monoisotopic (exact) mass is 397 g/mol. The Morgan fingerprint density at radius 2 is 2.04 bits per heavy atom. The highest BCUT2D eigenvalue weighted by Gasteiger charge is 2.39. The fraction of sp³-hybridized carbons (Fsp3) is 0.455. The second-order valence-corrected chi connectivity index (χ2v) is 8.08. The van der Waals surface area contributed by atoms with Gasteiger partial charge >= 0.3 is 0 Å². The summed E-state index contributed by atoms with van der Waals surface area (Å²) in [6, 6.07) is 13.0. The van der Waals surface area contributed by atoms with E-state index in [0.29, 0.717) is 17.9 Å². The molecule has 3 atom stereocenters. The fourth-order valence-corrected chi connectivity index (χ4v) is 4.64. The molecule has 3 N–H and O–H groups in total. The number of aryl methyl sites for hydroxylation is 1. The van der Waals surface area contributed by atoms with E-state index >= 15 is 0 Å². The van der Waals surface area contributed by atoms with Gasteiger partial charge in [-0.15, -0.1) is 12.4 Å². The normalized spacial score (nSPS) is 23.4. The lowest BCUT2D eigenvalue weighted by Gasteiger charge is -2.34. The lowest BCUT2D eigenvalue weighted by Crippen LogP contribution is -2.34. The molecule has 1 aromatic carbocycles. The third-order valence-corrected chi connectivity index (χ3v) is 6.24. The van der Waals surface area contributed by atoms with Crippen LogP contribution in [0.25, 0.3) is 11.0 Å². The molecule has 2 heterocycles. The van der Waals surface area contributed by atoms with Crippen LogP contribution in [0.4, 0.5) is 0 Å². The highest BCUT2D eigenvalue weighted by atomic mass is 35.5. The van der Waals surface area contributed by atoms with Crippen molar-refractivity contribution in [2.24, 2.45) is 17.6 Å². The van der Waals surface area contributed by atoms with E-state index in [1.165, 1.54) is 30.5 Å². The summed E-state index contributed by atoms with van der Waals surface area (Å²) in [6.45, 7) is 2.73. The molecule has 2 aromatic heterocycles. The van der Waals surface area contributed by atoms with E-state index in [9.17, 15) is 0 Å². The van der Waals surface area contributed by atoms with Crippen LogP contribution in [-0.2, 0) is 13.0 Å². The quantitative estimate of drug-likeness (QED) is 0.662. The molecule has 0 saturated heterocycles. The van der Waals surface area contributed by atoms with Gasteiger partial charge in [-0.3, -0.25) is 9.88 Å². The number of imidazole rings is 1. The Balaban J connectivity index is 0.00000192. The molecule has 0 radical (unpaired) electrons. The average Bonchev–Trinajstić information content (AvgIpc) is 3.34. The van der Waals surface area contributed by atoms with Gasteiger partial charge in [0.25, 0.3) is 0 Å². The Hall–Kier alpha value is -1.95. The first-order valence-corrected chi connectivity index (χ1v) is 10.1. The van der Waals surface area contributed by atoms with Gasteiger partial charge in [0.2, 0.25) is 0 Å². The minimum Gasteiger partial charge on any atom is -0.341 e. The number of nitrogens with one attached hydrogen (secondary N) is 1. The SMILES string of the molecule is Cl.NC[C@H]1C[C@H]1CN(Cc1nc2ccccc2[nH]1)[C@H]1CCCc2cccnc21. The van der Waals surface area contributed by atoms with Gasteiger partial charge in [0.15, 0.2) is 0 Å². The molecule has 148 valence electrons. The fourth-order valence-electron chi connectivity index (χ4n) is 4.64. The second-order valence-electron chi connectivity index (χ2n) is 8.08. The van der Waals surface area contributed by atoms with Crippen molar-refractivity contribution in [3.05, 3.63) is 59.7 Å². The van der Waals surface area contributed by atoms with Crippen molar-refractivity contribution in [1.29, 1.82) is 0 Å². The maximum atomic E-state index is 5.91. The van der Waals surface area contributed by atoms with E-state index in [0.717, 1.165) is 42.9 Å². The van der Waals surface area contributed by atoms with Crippen LogP contribution in [0.2, 0.25) is 0 Å². The van der Waals surface area contributed by atoms with Crippen molar-refractivity contribution < 1.29 is 0 Å². The van der Waals surface area contributed by atoms with Crippen molar-refractivity contribution in [3.63, 3.8) is 0 Å². The minimum atomic E-state index is 0. The topological polar surface area (TPSA) is 70.8 Å². The van der Waals surface area contributed by atoms with Crippen LogP contribution in [0.5, 0.6) is 0 Å². The zero-order valence-electron chi connectivity index (χ0n) is 16.1. The van der Waals surface area contributed by atoms with Crippen molar-refractivity contribution in [2.75, 3.05) is 13.1 Å². The summed E-state index contributed by atoms with van der Waals surface area (Å²) < 4.78 is 0. The molecule has 5 rings (SSSR count). The lowest BCUT2D eigenvalue weighted by molar-refractivity contribution is 0.152. The van der Waals surface area contributed by atoms with Gasteiger partial charge in [-0.25, -0.2) is 4.98 Å². The van der Waals surface area contributed by atoms with Gasteiger partial charge in [-0.05, 0) is 67.8 Å². The maximum Gasteiger partial charge on any atom is 0.121 e. The van der Waals surface area contributed by atoms with Crippen LogP contribution in [-0.4, -0.2) is 32.9 Å². The Morgan fingerprint density at radius 1 is 1.14 bits per heavy atom. The Labute approximate surface area is 172 Å². The van der Waals surface area contributed by atoms with E-state index in [1.54, 1.807) is 0 Å². The standard InChI is InChI=1S/C22H27N5.ClH/c23-12-16-11-17(16)13-27(14-21-25-18-7-1-2-8-19(18)26-21)20-9-3-5-15-6-4-10-24-22(15)20;/h1-2,4,6-8,10,16-17,20H,3,5,9,11-14,23H2,(H,25,26);1H/t16-,17+,20+;/m1./s1. The number of hydrogen-bond donors (Lipinski definition) is 2. The summed E-state index contributed by atoms with van der Waals surface area (Å²) in [5.41, 5.74) is 10.7. The number of hydrogen-bond acceptors (Lipinski definition) is 4. The number of benzene rings is 1. The van der Waals surface area contributed by atoms with Crippen LogP contribution in [0, 0.1) is 11.8 Å². The lowest BCUT2D eigenvalue weighted by atomic mass is 9.90. The molecule has 0 spiro atoms. The minimum absolute atomic E-state index is 0. The molecule has 2 aliphatic carbocycles. The van der Waals surface area contributed by atoms with Gasteiger partial charge in [0, 0.05) is 12.7 Å². The summed E-state index contributed by atoms with van der Waals surface area (Å²) in [7, 11) is 0. The Bertz CT molecular complexity index is 906. The summed E-state index contributed by atoms with van der Waals surface area (Å²) in [5.74, 6) is 2.45. The first-order valence-electron chi connectivity index (χ1n) is 10.1. The number of halogens is 1. The third-order valence-electron chi connectivity index (χ3n) is 6.24. The molecule has 0 aliphatic heterocycles.